The summed E-state index contributed by atoms with van der Waals surface area (Å²) < 4.78 is 13.0. The molecule has 2 aromatic rings. The normalized spacial score (nSPS) is 22.3. The molecule has 3 rings (SSSR count). The monoisotopic (exact) mass is 304 g/mol. The van der Waals surface area contributed by atoms with E-state index in [0.29, 0.717) is 13.1 Å². The largest absolute Gasteiger partial charge is 0.337 e. The Balaban J connectivity index is 1.69. The van der Waals surface area contributed by atoms with Gasteiger partial charge in [0.15, 0.2) is 0 Å². The van der Waals surface area contributed by atoms with Gasteiger partial charge >= 0.3 is 0 Å². The summed E-state index contributed by atoms with van der Waals surface area (Å²) in [7, 11) is 0. The summed E-state index contributed by atoms with van der Waals surface area (Å²) in [6.45, 7) is 1.22. The van der Waals surface area contributed by atoms with E-state index in [1.54, 1.807) is 12.1 Å². The minimum absolute atomic E-state index is 0.0456. The highest BCUT2D eigenvalue weighted by atomic mass is 32.1. The molecule has 1 fully saturated rings. The van der Waals surface area contributed by atoms with Crippen molar-refractivity contribution >= 4 is 17.2 Å². The zero-order valence-electron chi connectivity index (χ0n) is 11.5. The van der Waals surface area contributed by atoms with Gasteiger partial charge in [-0.25, -0.2) is 4.39 Å². The van der Waals surface area contributed by atoms with E-state index in [2.05, 4.69) is 0 Å². The number of hydrogen-bond donors (Lipinski definition) is 1. The van der Waals surface area contributed by atoms with Crippen LogP contribution in [0.15, 0.2) is 41.1 Å². The lowest BCUT2D eigenvalue weighted by Crippen LogP contribution is -2.49. The van der Waals surface area contributed by atoms with Crippen LogP contribution in [0.3, 0.4) is 0 Å². The van der Waals surface area contributed by atoms with Gasteiger partial charge in [0.1, 0.15) is 5.82 Å². The van der Waals surface area contributed by atoms with Gasteiger partial charge in [-0.3, -0.25) is 4.79 Å². The average molecular weight is 304 g/mol. The van der Waals surface area contributed by atoms with E-state index in [0.717, 1.165) is 17.5 Å². The summed E-state index contributed by atoms with van der Waals surface area (Å²) in [4.78, 5) is 14.1. The van der Waals surface area contributed by atoms with Crippen molar-refractivity contribution in [2.45, 2.75) is 18.4 Å². The van der Waals surface area contributed by atoms with E-state index < -0.39 is 0 Å². The molecular weight excluding hydrogens is 287 g/mol. The predicted molar refractivity (Wildman–Crippen MR) is 82.0 cm³/mol. The van der Waals surface area contributed by atoms with Crippen LogP contribution in [-0.2, 0) is 0 Å². The van der Waals surface area contributed by atoms with Crippen molar-refractivity contribution < 1.29 is 9.18 Å². The van der Waals surface area contributed by atoms with Gasteiger partial charge in [-0.15, -0.1) is 0 Å². The van der Waals surface area contributed by atoms with E-state index >= 15 is 0 Å². The average Bonchev–Trinajstić information content (AvgIpc) is 3.02. The zero-order chi connectivity index (χ0) is 14.8. The van der Waals surface area contributed by atoms with E-state index in [1.165, 1.54) is 23.5 Å². The van der Waals surface area contributed by atoms with Crippen LogP contribution in [0.25, 0.3) is 0 Å². The number of nitrogens with two attached hydrogens (primary N) is 1. The number of amides is 1. The summed E-state index contributed by atoms with van der Waals surface area (Å²) in [5.74, 6) is -0.0150. The number of thiophene rings is 1. The molecule has 0 aliphatic carbocycles. The molecule has 0 spiro atoms. The van der Waals surface area contributed by atoms with Gasteiger partial charge in [0.2, 0.25) is 0 Å². The van der Waals surface area contributed by atoms with Gasteiger partial charge in [0.05, 0.1) is 5.56 Å². The number of halogens is 1. The number of nitrogens with zero attached hydrogens (tertiary/aromatic N) is 1. The second-order valence-corrected chi connectivity index (χ2v) is 6.15. The maximum Gasteiger partial charge on any atom is 0.254 e. The molecule has 0 saturated carbocycles. The molecule has 1 amide bonds. The Morgan fingerprint density at radius 1 is 1.29 bits per heavy atom. The van der Waals surface area contributed by atoms with Crippen molar-refractivity contribution in [2.24, 2.45) is 5.73 Å². The first-order chi connectivity index (χ1) is 10.1. The molecule has 1 saturated heterocycles. The van der Waals surface area contributed by atoms with Gasteiger partial charge in [-0.1, -0.05) is 12.1 Å². The fourth-order valence-electron chi connectivity index (χ4n) is 2.86. The number of benzene rings is 1. The molecule has 1 aromatic carbocycles. The molecule has 0 radical (unpaired) electrons. The van der Waals surface area contributed by atoms with Crippen LogP contribution in [0.5, 0.6) is 0 Å². The third kappa shape index (κ3) is 2.99. The molecule has 0 bridgehead atoms. The Morgan fingerprint density at radius 2 is 2.05 bits per heavy atom. The molecular formula is C16H17FN2OS. The number of carbonyl (C=O) groups excluding carboxylic acids is 1. The highest BCUT2D eigenvalue weighted by Crippen LogP contribution is 2.28. The topological polar surface area (TPSA) is 46.3 Å². The van der Waals surface area contributed by atoms with Gasteiger partial charge in [-0.05, 0) is 35.6 Å². The molecule has 1 aromatic heterocycles. The molecule has 2 N–H and O–H groups in total. The van der Waals surface area contributed by atoms with Crippen LogP contribution in [0.2, 0.25) is 0 Å². The van der Waals surface area contributed by atoms with Crippen LogP contribution in [0.1, 0.15) is 28.3 Å². The Kier molecular flexibility index (Phi) is 4.03. The molecule has 2 atom stereocenters. The smallest absolute Gasteiger partial charge is 0.254 e. The number of rotatable bonds is 2. The minimum Gasteiger partial charge on any atom is -0.337 e. The fraction of sp³-hybridized carbons (Fsp3) is 0.312. The van der Waals surface area contributed by atoms with Gasteiger partial charge in [-0.2, -0.15) is 11.3 Å². The standard InChI is InChI=1S/C16H17FN2OS/c17-13-3-1-11(2-4-13)14-5-7-19(9-15(14)18)16(20)12-6-8-21-10-12/h1-4,6,8,10,14-15H,5,7,9,18H2/t14-,15-/m1/s1. The summed E-state index contributed by atoms with van der Waals surface area (Å²) in [6.07, 6.45) is 0.808. The predicted octanol–water partition coefficient (Wildman–Crippen LogP) is 2.84. The molecule has 110 valence electrons. The first kappa shape index (κ1) is 14.2. The highest BCUT2D eigenvalue weighted by Gasteiger charge is 2.30. The number of hydrogen-bond acceptors (Lipinski definition) is 3. The maximum absolute atomic E-state index is 13.0. The van der Waals surface area contributed by atoms with Gasteiger partial charge < -0.3 is 10.6 Å². The maximum atomic E-state index is 13.0. The number of likely N-dealkylation sites (tertiary alicyclic amines) is 1. The molecule has 21 heavy (non-hydrogen) atoms. The van der Waals surface area contributed by atoms with Crippen LogP contribution in [0, 0.1) is 5.82 Å². The van der Waals surface area contributed by atoms with Crippen molar-refractivity contribution in [1.82, 2.24) is 4.90 Å². The lowest BCUT2D eigenvalue weighted by atomic mass is 9.85. The molecule has 5 heteroatoms. The van der Waals surface area contributed by atoms with Crippen LogP contribution < -0.4 is 5.73 Å². The highest BCUT2D eigenvalue weighted by molar-refractivity contribution is 7.08. The summed E-state index contributed by atoms with van der Waals surface area (Å²) in [6, 6.07) is 8.22. The summed E-state index contributed by atoms with van der Waals surface area (Å²) in [5.41, 5.74) is 8.02. The van der Waals surface area contributed by atoms with E-state index in [4.69, 9.17) is 5.73 Å². The third-order valence-electron chi connectivity index (χ3n) is 4.01. The van der Waals surface area contributed by atoms with E-state index in [-0.39, 0.29) is 23.7 Å². The lowest BCUT2D eigenvalue weighted by Gasteiger charge is -2.37. The minimum atomic E-state index is -0.239. The van der Waals surface area contributed by atoms with Crippen molar-refractivity contribution in [3.63, 3.8) is 0 Å². The number of carbonyl (C=O) groups is 1. The molecule has 1 aliphatic heterocycles. The van der Waals surface area contributed by atoms with Gasteiger partial charge in [0.25, 0.3) is 5.91 Å². The van der Waals surface area contributed by atoms with Crippen molar-refractivity contribution in [1.29, 1.82) is 0 Å². The molecule has 3 nitrogen and oxygen atoms in total. The molecule has 1 aliphatic rings. The van der Waals surface area contributed by atoms with Gasteiger partial charge in [0, 0.05) is 30.4 Å². The quantitative estimate of drug-likeness (QED) is 0.927. The summed E-state index contributed by atoms with van der Waals surface area (Å²) >= 11 is 1.52. The fourth-order valence-corrected chi connectivity index (χ4v) is 3.49. The molecule has 0 unspecified atom stereocenters. The van der Waals surface area contributed by atoms with Crippen LogP contribution >= 0.6 is 11.3 Å². The summed E-state index contributed by atoms with van der Waals surface area (Å²) in [5, 5.41) is 3.76. The first-order valence-electron chi connectivity index (χ1n) is 6.97. The first-order valence-corrected chi connectivity index (χ1v) is 7.92. The SMILES string of the molecule is N[C@@H]1CN(C(=O)c2ccsc2)CC[C@@H]1c1ccc(F)cc1. The number of piperidine rings is 1. The van der Waals surface area contributed by atoms with E-state index in [9.17, 15) is 9.18 Å². The second kappa shape index (κ2) is 5.95. The zero-order valence-corrected chi connectivity index (χ0v) is 12.4. The van der Waals surface area contributed by atoms with Crippen LogP contribution in [0.4, 0.5) is 4.39 Å². The van der Waals surface area contributed by atoms with Crippen LogP contribution in [-0.4, -0.2) is 29.9 Å². The Hall–Kier alpha value is -1.72. The van der Waals surface area contributed by atoms with Crippen molar-refractivity contribution in [3.05, 3.63) is 58.0 Å². The van der Waals surface area contributed by atoms with Crippen molar-refractivity contribution in [3.8, 4) is 0 Å². The Labute approximate surface area is 127 Å². The Bertz CT molecular complexity index is 612. The Morgan fingerprint density at radius 3 is 2.67 bits per heavy atom. The van der Waals surface area contributed by atoms with E-state index in [1.807, 2.05) is 21.7 Å². The lowest BCUT2D eigenvalue weighted by molar-refractivity contribution is 0.0694. The molecule has 2 heterocycles. The second-order valence-electron chi connectivity index (χ2n) is 5.37. The third-order valence-corrected chi connectivity index (χ3v) is 4.69. The van der Waals surface area contributed by atoms with Crippen molar-refractivity contribution in [2.75, 3.05) is 13.1 Å².